The molecule has 0 unspecified atom stereocenters. The van der Waals surface area contributed by atoms with E-state index in [-0.39, 0.29) is 17.5 Å². The molecule has 0 aliphatic carbocycles. The molecule has 1 N–H and O–H groups in total. The molecule has 0 radical (unpaired) electrons. The SMILES string of the molecule is CCOc1ccc(NC(=O)COc2ccc(F)c(Cl)c2)cc1OCC. The number of rotatable bonds is 8. The lowest BCUT2D eigenvalue weighted by molar-refractivity contribution is -0.118. The first-order chi connectivity index (χ1) is 12.0. The van der Waals surface area contributed by atoms with E-state index in [0.717, 1.165) is 0 Å². The Hall–Kier alpha value is -2.47. The molecule has 2 aromatic carbocycles. The summed E-state index contributed by atoms with van der Waals surface area (Å²) in [4.78, 5) is 12.0. The highest BCUT2D eigenvalue weighted by molar-refractivity contribution is 6.30. The second kappa shape index (κ2) is 9.13. The largest absolute Gasteiger partial charge is 0.490 e. The molecule has 5 nitrogen and oxygen atoms in total. The van der Waals surface area contributed by atoms with Gasteiger partial charge in [0.15, 0.2) is 18.1 Å². The Morgan fingerprint density at radius 2 is 1.76 bits per heavy atom. The molecule has 134 valence electrons. The zero-order valence-electron chi connectivity index (χ0n) is 14.0. The zero-order valence-corrected chi connectivity index (χ0v) is 14.7. The summed E-state index contributed by atoms with van der Waals surface area (Å²) in [5.41, 5.74) is 0.553. The molecule has 0 saturated carbocycles. The van der Waals surface area contributed by atoms with Gasteiger partial charge in [-0.1, -0.05) is 11.6 Å². The fourth-order valence-electron chi connectivity index (χ4n) is 2.04. The third-order valence-corrected chi connectivity index (χ3v) is 3.38. The van der Waals surface area contributed by atoms with Crippen LogP contribution in [-0.4, -0.2) is 25.7 Å². The number of carbonyl (C=O) groups is 1. The normalized spacial score (nSPS) is 10.2. The highest BCUT2D eigenvalue weighted by atomic mass is 35.5. The Morgan fingerprint density at radius 3 is 2.44 bits per heavy atom. The molecule has 0 bridgehead atoms. The maximum atomic E-state index is 13.1. The van der Waals surface area contributed by atoms with E-state index in [1.807, 2.05) is 13.8 Å². The second-order valence-corrected chi connectivity index (χ2v) is 5.35. The molecule has 2 aromatic rings. The fourth-order valence-corrected chi connectivity index (χ4v) is 2.21. The summed E-state index contributed by atoms with van der Waals surface area (Å²) < 4.78 is 29.4. The number of amides is 1. The average Bonchev–Trinajstić information content (AvgIpc) is 2.59. The molecule has 1 amide bonds. The molecule has 0 aliphatic heterocycles. The number of anilines is 1. The van der Waals surface area contributed by atoms with Crippen LogP contribution in [0.15, 0.2) is 36.4 Å². The van der Waals surface area contributed by atoms with Gasteiger partial charge in [0.05, 0.1) is 18.2 Å². The van der Waals surface area contributed by atoms with Crippen LogP contribution in [0.2, 0.25) is 5.02 Å². The van der Waals surface area contributed by atoms with Crippen LogP contribution in [0.5, 0.6) is 17.2 Å². The summed E-state index contributed by atoms with van der Waals surface area (Å²) in [6.45, 7) is 4.50. The molecule has 0 atom stereocenters. The number of carbonyl (C=O) groups excluding carboxylic acids is 1. The topological polar surface area (TPSA) is 56.8 Å². The Bertz CT molecular complexity index is 739. The smallest absolute Gasteiger partial charge is 0.262 e. The van der Waals surface area contributed by atoms with Crippen molar-refractivity contribution in [2.45, 2.75) is 13.8 Å². The summed E-state index contributed by atoms with van der Waals surface area (Å²) >= 11 is 5.67. The third kappa shape index (κ3) is 5.53. The molecule has 2 rings (SSSR count). The van der Waals surface area contributed by atoms with Crippen LogP contribution in [0.4, 0.5) is 10.1 Å². The van der Waals surface area contributed by atoms with Gasteiger partial charge >= 0.3 is 0 Å². The van der Waals surface area contributed by atoms with Gasteiger partial charge < -0.3 is 19.5 Å². The van der Waals surface area contributed by atoms with Crippen molar-refractivity contribution in [3.8, 4) is 17.2 Å². The lowest BCUT2D eigenvalue weighted by atomic mass is 10.2. The van der Waals surface area contributed by atoms with Gasteiger partial charge in [-0.3, -0.25) is 4.79 Å². The second-order valence-electron chi connectivity index (χ2n) is 4.94. The quantitative estimate of drug-likeness (QED) is 0.756. The molecular formula is C18H19ClFNO4. The number of hydrogen-bond donors (Lipinski definition) is 1. The van der Waals surface area contributed by atoms with Crippen molar-refractivity contribution in [3.63, 3.8) is 0 Å². The van der Waals surface area contributed by atoms with Gasteiger partial charge in [-0.05, 0) is 38.1 Å². The number of ether oxygens (including phenoxy) is 3. The van der Waals surface area contributed by atoms with E-state index >= 15 is 0 Å². The summed E-state index contributed by atoms with van der Waals surface area (Å²) in [6, 6.07) is 9.01. The Balaban J connectivity index is 1.97. The van der Waals surface area contributed by atoms with Crippen LogP contribution in [0.1, 0.15) is 13.8 Å². The highest BCUT2D eigenvalue weighted by Crippen LogP contribution is 2.30. The van der Waals surface area contributed by atoms with Gasteiger partial charge in [-0.25, -0.2) is 4.39 Å². The lowest BCUT2D eigenvalue weighted by Crippen LogP contribution is -2.20. The minimum absolute atomic E-state index is 0.0641. The van der Waals surface area contributed by atoms with Crippen molar-refractivity contribution < 1.29 is 23.4 Å². The van der Waals surface area contributed by atoms with Gasteiger partial charge in [0.25, 0.3) is 5.91 Å². The number of nitrogens with one attached hydrogen (secondary N) is 1. The van der Waals surface area contributed by atoms with Crippen molar-refractivity contribution in [2.75, 3.05) is 25.1 Å². The van der Waals surface area contributed by atoms with E-state index in [9.17, 15) is 9.18 Å². The van der Waals surface area contributed by atoms with Crippen molar-refractivity contribution in [3.05, 3.63) is 47.2 Å². The minimum Gasteiger partial charge on any atom is -0.490 e. The summed E-state index contributed by atoms with van der Waals surface area (Å²) in [7, 11) is 0. The van der Waals surface area contributed by atoms with Crippen LogP contribution >= 0.6 is 11.6 Å². The fraction of sp³-hybridized carbons (Fsp3) is 0.278. The summed E-state index contributed by atoms with van der Waals surface area (Å²) in [6.07, 6.45) is 0. The molecule has 0 spiro atoms. The number of halogens is 2. The van der Waals surface area contributed by atoms with E-state index < -0.39 is 5.82 Å². The molecule has 25 heavy (non-hydrogen) atoms. The van der Waals surface area contributed by atoms with Gasteiger partial charge in [-0.15, -0.1) is 0 Å². The molecule has 0 fully saturated rings. The molecule has 0 saturated heterocycles. The van der Waals surface area contributed by atoms with Crippen molar-refractivity contribution in [1.29, 1.82) is 0 Å². The van der Waals surface area contributed by atoms with Crippen LogP contribution in [0, 0.1) is 5.82 Å². The first-order valence-electron chi connectivity index (χ1n) is 7.80. The maximum absolute atomic E-state index is 13.1. The number of benzene rings is 2. The van der Waals surface area contributed by atoms with Crippen molar-refractivity contribution in [1.82, 2.24) is 0 Å². The Kier molecular flexibility index (Phi) is 6.89. The number of hydrogen-bond acceptors (Lipinski definition) is 4. The molecular weight excluding hydrogens is 349 g/mol. The Morgan fingerprint density at radius 1 is 1.04 bits per heavy atom. The zero-order chi connectivity index (χ0) is 18.2. The molecule has 0 heterocycles. The molecule has 0 aromatic heterocycles. The standard InChI is InChI=1S/C18H19ClFNO4/c1-3-23-16-8-5-12(9-17(16)24-4-2)21-18(22)11-25-13-6-7-15(20)14(19)10-13/h5-10H,3-4,11H2,1-2H3,(H,21,22). The summed E-state index contributed by atoms with van der Waals surface area (Å²) in [5, 5.41) is 2.64. The van der Waals surface area contributed by atoms with Crippen LogP contribution in [-0.2, 0) is 4.79 Å². The van der Waals surface area contributed by atoms with E-state index in [4.69, 9.17) is 25.8 Å². The lowest BCUT2D eigenvalue weighted by Gasteiger charge is -2.13. The van der Waals surface area contributed by atoms with Crippen LogP contribution in [0.3, 0.4) is 0 Å². The van der Waals surface area contributed by atoms with Crippen LogP contribution in [0.25, 0.3) is 0 Å². The predicted octanol–water partition coefficient (Wildman–Crippen LogP) is 4.29. The van der Waals surface area contributed by atoms with Crippen LogP contribution < -0.4 is 19.5 Å². The maximum Gasteiger partial charge on any atom is 0.262 e. The molecule has 7 heteroatoms. The van der Waals surface area contributed by atoms with Gasteiger partial charge in [0, 0.05) is 17.8 Å². The van der Waals surface area contributed by atoms with Gasteiger partial charge in [0.2, 0.25) is 0 Å². The third-order valence-electron chi connectivity index (χ3n) is 3.09. The van der Waals surface area contributed by atoms with E-state index in [1.165, 1.54) is 18.2 Å². The van der Waals surface area contributed by atoms with Crippen molar-refractivity contribution in [2.24, 2.45) is 0 Å². The minimum atomic E-state index is -0.545. The predicted molar refractivity (Wildman–Crippen MR) is 94.3 cm³/mol. The van der Waals surface area contributed by atoms with Crippen molar-refractivity contribution >= 4 is 23.2 Å². The van der Waals surface area contributed by atoms with E-state index in [1.54, 1.807) is 18.2 Å². The van der Waals surface area contributed by atoms with Gasteiger partial charge in [-0.2, -0.15) is 0 Å². The van der Waals surface area contributed by atoms with Gasteiger partial charge in [0.1, 0.15) is 11.6 Å². The summed E-state index contributed by atoms with van der Waals surface area (Å²) in [5.74, 6) is 0.555. The molecule has 0 aliphatic rings. The average molecular weight is 368 g/mol. The first-order valence-corrected chi connectivity index (χ1v) is 8.18. The first kappa shape index (κ1) is 18.9. The van der Waals surface area contributed by atoms with E-state index in [2.05, 4.69) is 5.32 Å². The monoisotopic (exact) mass is 367 g/mol. The highest BCUT2D eigenvalue weighted by Gasteiger charge is 2.10. The van der Waals surface area contributed by atoms with E-state index in [0.29, 0.717) is 36.1 Å². The Labute approximate surface area is 150 Å².